The molecule has 0 heterocycles. The summed E-state index contributed by atoms with van der Waals surface area (Å²) in [6.07, 6.45) is 0.772. The maximum absolute atomic E-state index is 13.5. The van der Waals surface area contributed by atoms with E-state index in [2.05, 4.69) is 35.0 Å². The first-order chi connectivity index (χ1) is 14.5. The lowest BCUT2D eigenvalue weighted by Crippen LogP contribution is -2.39. The number of hydrogen-bond donors (Lipinski definition) is 0. The number of rotatable bonds is 8. The molecule has 0 aliphatic rings. The van der Waals surface area contributed by atoms with E-state index in [1.165, 1.54) is 5.56 Å². The van der Waals surface area contributed by atoms with Crippen molar-refractivity contribution in [3.05, 3.63) is 94.0 Å². The van der Waals surface area contributed by atoms with Gasteiger partial charge in [-0.15, -0.1) is 0 Å². The van der Waals surface area contributed by atoms with Crippen molar-refractivity contribution >= 4 is 21.8 Å². The van der Waals surface area contributed by atoms with Crippen molar-refractivity contribution in [2.24, 2.45) is 0 Å². The third-order valence-corrected chi connectivity index (χ3v) is 5.53. The fraction of sp³-hybridized carbons (Fsp3) is 0.240. The summed E-state index contributed by atoms with van der Waals surface area (Å²) in [7, 11) is 3.23. The van der Waals surface area contributed by atoms with Crippen LogP contribution in [-0.2, 0) is 13.0 Å². The van der Waals surface area contributed by atoms with E-state index >= 15 is 0 Å². The quantitative estimate of drug-likeness (QED) is 0.423. The normalized spacial score (nSPS) is 11.6. The fourth-order valence-electron chi connectivity index (χ4n) is 3.46. The van der Waals surface area contributed by atoms with Crippen LogP contribution in [0.2, 0.25) is 0 Å². The summed E-state index contributed by atoms with van der Waals surface area (Å²) in [6, 6.07) is 23.5. The highest BCUT2D eigenvalue weighted by Crippen LogP contribution is 2.29. The van der Waals surface area contributed by atoms with Crippen LogP contribution in [0.1, 0.15) is 28.4 Å². The van der Waals surface area contributed by atoms with Gasteiger partial charge in [-0.05, 0) is 54.8 Å². The number of benzene rings is 3. The van der Waals surface area contributed by atoms with Gasteiger partial charge in [-0.3, -0.25) is 4.79 Å². The Hall–Kier alpha value is -2.79. The van der Waals surface area contributed by atoms with Gasteiger partial charge in [-0.25, -0.2) is 0 Å². The van der Waals surface area contributed by atoms with E-state index in [9.17, 15) is 4.79 Å². The Labute approximate surface area is 186 Å². The average Bonchev–Trinajstić information content (AvgIpc) is 2.77. The Kier molecular flexibility index (Phi) is 7.52. The molecule has 3 rings (SSSR count). The van der Waals surface area contributed by atoms with Crippen molar-refractivity contribution in [3.63, 3.8) is 0 Å². The first-order valence-electron chi connectivity index (χ1n) is 9.83. The Bertz CT molecular complexity index is 991. The summed E-state index contributed by atoms with van der Waals surface area (Å²) < 4.78 is 11.7. The number of hydrogen-bond acceptors (Lipinski definition) is 3. The molecule has 0 spiro atoms. The first kappa shape index (κ1) is 21.9. The summed E-state index contributed by atoms with van der Waals surface area (Å²) in [5, 5.41) is 0. The highest BCUT2D eigenvalue weighted by molar-refractivity contribution is 9.10. The molecule has 3 aromatic carbocycles. The monoisotopic (exact) mass is 467 g/mol. The van der Waals surface area contributed by atoms with Crippen molar-refractivity contribution in [2.45, 2.75) is 25.9 Å². The van der Waals surface area contributed by atoms with Gasteiger partial charge in [0.15, 0.2) is 11.5 Å². The van der Waals surface area contributed by atoms with Crippen molar-refractivity contribution in [1.29, 1.82) is 0 Å². The minimum atomic E-state index is -0.00508. The third-order valence-electron chi connectivity index (χ3n) is 5.04. The SMILES string of the molecule is COc1ccc(CN(C(=O)c2cccc(Br)c2)[C@@H](C)Cc2ccccc2)cc1OC. The maximum atomic E-state index is 13.5. The molecule has 0 N–H and O–H groups in total. The Balaban J connectivity index is 1.91. The van der Waals surface area contributed by atoms with Gasteiger partial charge >= 0.3 is 0 Å². The molecule has 1 atom stereocenters. The van der Waals surface area contributed by atoms with Crippen LogP contribution in [0, 0.1) is 0 Å². The fourth-order valence-corrected chi connectivity index (χ4v) is 3.86. The molecule has 0 bridgehead atoms. The number of halogens is 1. The van der Waals surface area contributed by atoms with E-state index in [-0.39, 0.29) is 11.9 Å². The predicted octanol–water partition coefficient (Wildman–Crippen LogP) is 5.74. The lowest BCUT2D eigenvalue weighted by molar-refractivity contribution is 0.0675. The molecule has 0 aliphatic carbocycles. The maximum Gasteiger partial charge on any atom is 0.254 e. The van der Waals surface area contributed by atoms with E-state index in [0.717, 1.165) is 16.5 Å². The van der Waals surface area contributed by atoms with Gasteiger partial charge in [0.2, 0.25) is 0 Å². The minimum Gasteiger partial charge on any atom is -0.493 e. The summed E-state index contributed by atoms with van der Waals surface area (Å²) in [5.41, 5.74) is 2.84. The van der Waals surface area contributed by atoms with Crippen LogP contribution in [0.25, 0.3) is 0 Å². The Morgan fingerprint density at radius 2 is 1.63 bits per heavy atom. The van der Waals surface area contributed by atoms with Gasteiger partial charge in [-0.1, -0.05) is 58.4 Å². The van der Waals surface area contributed by atoms with E-state index in [1.807, 2.05) is 65.6 Å². The second-order valence-electron chi connectivity index (χ2n) is 7.17. The largest absolute Gasteiger partial charge is 0.493 e. The van der Waals surface area contributed by atoms with E-state index in [0.29, 0.717) is 23.6 Å². The predicted molar refractivity (Wildman–Crippen MR) is 123 cm³/mol. The second kappa shape index (κ2) is 10.3. The highest BCUT2D eigenvalue weighted by Gasteiger charge is 2.23. The van der Waals surface area contributed by atoms with E-state index in [1.54, 1.807) is 14.2 Å². The van der Waals surface area contributed by atoms with Crippen molar-refractivity contribution in [2.75, 3.05) is 14.2 Å². The Morgan fingerprint density at radius 1 is 0.900 bits per heavy atom. The number of carbonyl (C=O) groups excluding carboxylic acids is 1. The molecule has 0 aliphatic heterocycles. The van der Waals surface area contributed by atoms with Crippen LogP contribution in [0.3, 0.4) is 0 Å². The number of carbonyl (C=O) groups is 1. The van der Waals surface area contributed by atoms with Crippen molar-refractivity contribution in [3.8, 4) is 11.5 Å². The zero-order valence-electron chi connectivity index (χ0n) is 17.5. The Morgan fingerprint density at radius 3 is 2.30 bits per heavy atom. The van der Waals surface area contributed by atoms with Crippen LogP contribution >= 0.6 is 15.9 Å². The first-order valence-corrected chi connectivity index (χ1v) is 10.6. The summed E-state index contributed by atoms with van der Waals surface area (Å²) in [4.78, 5) is 15.4. The van der Waals surface area contributed by atoms with Crippen LogP contribution in [0.5, 0.6) is 11.5 Å². The summed E-state index contributed by atoms with van der Waals surface area (Å²) in [6.45, 7) is 2.56. The van der Waals surface area contributed by atoms with Crippen LogP contribution in [0.15, 0.2) is 77.3 Å². The molecule has 4 nitrogen and oxygen atoms in total. The second-order valence-corrected chi connectivity index (χ2v) is 8.09. The number of amides is 1. The molecule has 30 heavy (non-hydrogen) atoms. The van der Waals surface area contributed by atoms with E-state index < -0.39 is 0 Å². The minimum absolute atomic E-state index is 0.00508. The molecule has 0 fully saturated rings. The molecule has 5 heteroatoms. The van der Waals surface area contributed by atoms with Gasteiger partial charge in [0.25, 0.3) is 5.91 Å². The number of methoxy groups -OCH3 is 2. The zero-order chi connectivity index (χ0) is 21.5. The van der Waals surface area contributed by atoms with Gasteiger partial charge in [0.1, 0.15) is 0 Å². The molecular weight excluding hydrogens is 442 g/mol. The summed E-state index contributed by atoms with van der Waals surface area (Å²) in [5.74, 6) is 1.32. The molecule has 1 amide bonds. The molecule has 0 saturated heterocycles. The summed E-state index contributed by atoms with van der Waals surface area (Å²) >= 11 is 3.47. The topological polar surface area (TPSA) is 38.8 Å². The number of nitrogens with zero attached hydrogens (tertiary/aromatic N) is 1. The van der Waals surface area contributed by atoms with Gasteiger partial charge in [0.05, 0.1) is 14.2 Å². The molecule has 156 valence electrons. The van der Waals surface area contributed by atoms with E-state index in [4.69, 9.17) is 9.47 Å². The third kappa shape index (κ3) is 5.42. The standard InChI is InChI=1S/C25H26BrNO3/c1-18(14-19-8-5-4-6-9-19)27(25(28)21-10-7-11-22(26)16-21)17-20-12-13-23(29-2)24(15-20)30-3/h4-13,15-16,18H,14,17H2,1-3H3/t18-/m0/s1. The van der Waals surface area contributed by atoms with Gasteiger partial charge in [-0.2, -0.15) is 0 Å². The highest BCUT2D eigenvalue weighted by atomic mass is 79.9. The molecular formula is C25H26BrNO3. The molecule has 0 unspecified atom stereocenters. The average molecular weight is 468 g/mol. The molecule has 0 saturated carbocycles. The van der Waals surface area contributed by atoms with Gasteiger partial charge < -0.3 is 14.4 Å². The zero-order valence-corrected chi connectivity index (χ0v) is 19.1. The smallest absolute Gasteiger partial charge is 0.254 e. The molecule has 0 radical (unpaired) electrons. The molecule has 3 aromatic rings. The number of ether oxygens (including phenoxy) is 2. The lowest BCUT2D eigenvalue weighted by atomic mass is 10.0. The molecule has 0 aromatic heterocycles. The van der Waals surface area contributed by atoms with Crippen molar-refractivity contribution in [1.82, 2.24) is 4.90 Å². The van der Waals surface area contributed by atoms with Crippen LogP contribution in [-0.4, -0.2) is 31.1 Å². The van der Waals surface area contributed by atoms with Gasteiger partial charge in [0, 0.05) is 22.6 Å². The van der Waals surface area contributed by atoms with Crippen LogP contribution in [0.4, 0.5) is 0 Å². The van der Waals surface area contributed by atoms with Crippen molar-refractivity contribution < 1.29 is 14.3 Å². The van der Waals surface area contributed by atoms with Crippen LogP contribution < -0.4 is 9.47 Å². The lowest BCUT2D eigenvalue weighted by Gasteiger charge is -2.30.